The van der Waals surface area contributed by atoms with Gasteiger partial charge >= 0.3 is 13.6 Å². The zero-order valence-corrected chi connectivity index (χ0v) is 11.3. The molecule has 1 rings (SSSR count). The van der Waals surface area contributed by atoms with Crippen molar-refractivity contribution in [2.75, 3.05) is 27.9 Å². The van der Waals surface area contributed by atoms with E-state index in [9.17, 15) is 9.36 Å². The number of esters is 1. The van der Waals surface area contributed by atoms with E-state index in [4.69, 9.17) is 13.8 Å². The van der Waals surface area contributed by atoms with Crippen LogP contribution in [0.5, 0.6) is 0 Å². The van der Waals surface area contributed by atoms with E-state index in [2.05, 4.69) is 4.74 Å². The number of methoxy groups -OCH3 is 1. The van der Waals surface area contributed by atoms with Crippen molar-refractivity contribution in [3.8, 4) is 0 Å². The van der Waals surface area contributed by atoms with E-state index in [-0.39, 0.29) is 6.10 Å². The van der Waals surface area contributed by atoms with Crippen molar-refractivity contribution in [2.45, 2.75) is 31.0 Å². The molecule has 0 aromatic heterocycles. The highest BCUT2D eigenvalue weighted by Crippen LogP contribution is 2.54. The lowest BCUT2D eigenvalue weighted by molar-refractivity contribution is -0.141. The van der Waals surface area contributed by atoms with Crippen LogP contribution in [0.3, 0.4) is 0 Å². The first-order valence-corrected chi connectivity index (χ1v) is 7.09. The highest BCUT2D eigenvalue weighted by Gasteiger charge is 2.42. The molecular formula is C10H19O6P. The summed E-state index contributed by atoms with van der Waals surface area (Å²) in [5, 5.41) is 0. The lowest BCUT2D eigenvalue weighted by Gasteiger charge is -2.24. The Kier molecular flexibility index (Phi) is 5.59. The Labute approximate surface area is 101 Å². The van der Waals surface area contributed by atoms with E-state index in [0.29, 0.717) is 13.0 Å². The monoisotopic (exact) mass is 266 g/mol. The molecule has 0 aromatic rings. The normalized spacial score (nSPS) is 22.4. The predicted molar refractivity (Wildman–Crippen MR) is 61.0 cm³/mol. The Balaban J connectivity index is 2.78. The first-order chi connectivity index (χ1) is 8.07. The maximum atomic E-state index is 12.2. The SMILES string of the molecule is COC(=O)C(C[C@@H]1CCCO1)P(=O)(OC)OC. The van der Waals surface area contributed by atoms with Crippen LogP contribution in [0.4, 0.5) is 0 Å². The molecule has 17 heavy (non-hydrogen) atoms. The Morgan fingerprint density at radius 2 is 2.06 bits per heavy atom. The third-order valence-corrected chi connectivity index (χ3v) is 5.08. The van der Waals surface area contributed by atoms with Gasteiger partial charge in [-0.2, -0.15) is 0 Å². The summed E-state index contributed by atoms with van der Waals surface area (Å²) in [6, 6.07) is 0. The van der Waals surface area contributed by atoms with E-state index < -0.39 is 19.2 Å². The number of ether oxygens (including phenoxy) is 2. The van der Waals surface area contributed by atoms with E-state index >= 15 is 0 Å². The lowest BCUT2D eigenvalue weighted by atomic mass is 10.1. The Hall–Kier alpha value is -0.420. The van der Waals surface area contributed by atoms with Gasteiger partial charge < -0.3 is 18.5 Å². The molecule has 1 aliphatic heterocycles. The molecule has 0 saturated carbocycles. The molecule has 0 bridgehead atoms. The van der Waals surface area contributed by atoms with Gasteiger partial charge in [-0.1, -0.05) is 0 Å². The molecule has 0 radical (unpaired) electrons. The van der Waals surface area contributed by atoms with Gasteiger partial charge in [-0.05, 0) is 19.3 Å². The molecule has 7 heteroatoms. The second-order valence-corrected chi connectivity index (χ2v) is 6.25. The van der Waals surface area contributed by atoms with Crippen LogP contribution in [0.15, 0.2) is 0 Å². The molecule has 1 aliphatic rings. The largest absolute Gasteiger partial charge is 0.468 e. The summed E-state index contributed by atoms with van der Waals surface area (Å²) in [6.45, 7) is 0.669. The molecule has 0 N–H and O–H groups in total. The molecule has 2 atom stereocenters. The van der Waals surface area contributed by atoms with Crippen LogP contribution in [0.1, 0.15) is 19.3 Å². The Morgan fingerprint density at radius 3 is 2.47 bits per heavy atom. The van der Waals surface area contributed by atoms with Crippen LogP contribution < -0.4 is 0 Å². The van der Waals surface area contributed by atoms with Crippen LogP contribution in [0.2, 0.25) is 0 Å². The van der Waals surface area contributed by atoms with E-state index in [1.165, 1.54) is 21.3 Å². The minimum atomic E-state index is -3.47. The average molecular weight is 266 g/mol. The van der Waals surface area contributed by atoms with Gasteiger partial charge in [0, 0.05) is 20.8 Å². The minimum absolute atomic E-state index is 0.0854. The average Bonchev–Trinajstić information content (AvgIpc) is 2.87. The van der Waals surface area contributed by atoms with Crippen molar-refractivity contribution in [3.05, 3.63) is 0 Å². The molecule has 1 saturated heterocycles. The summed E-state index contributed by atoms with van der Waals surface area (Å²) >= 11 is 0. The molecule has 1 heterocycles. The molecule has 6 nitrogen and oxygen atoms in total. The summed E-state index contributed by atoms with van der Waals surface area (Å²) in [4.78, 5) is 11.7. The van der Waals surface area contributed by atoms with E-state index in [1.807, 2.05) is 0 Å². The minimum Gasteiger partial charge on any atom is -0.468 e. The van der Waals surface area contributed by atoms with Crippen molar-refractivity contribution < 1.29 is 27.9 Å². The van der Waals surface area contributed by atoms with Crippen molar-refractivity contribution in [1.82, 2.24) is 0 Å². The van der Waals surface area contributed by atoms with Crippen molar-refractivity contribution in [3.63, 3.8) is 0 Å². The van der Waals surface area contributed by atoms with E-state index in [1.54, 1.807) is 0 Å². The van der Waals surface area contributed by atoms with Gasteiger partial charge in [0.15, 0.2) is 5.66 Å². The Bertz CT molecular complexity index is 291. The summed E-state index contributed by atoms with van der Waals surface area (Å²) in [7, 11) is 0.299. The topological polar surface area (TPSA) is 71.1 Å². The van der Waals surface area contributed by atoms with Crippen LogP contribution in [0, 0.1) is 0 Å². The molecule has 0 spiro atoms. The number of hydrogen-bond donors (Lipinski definition) is 0. The van der Waals surface area contributed by atoms with Gasteiger partial charge in [0.25, 0.3) is 0 Å². The van der Waals surface area contributed by atoms with E-state index in [0.717, 1.165) is 12.8 Å². The van der Waals surface area contributed by atoms with Crippen LogP contribution in [-0.2, 0) is 27.9 Å². The standard InChI is InChI=1S/C10H19O6P/c1-13-10(11)9(17(12,14-2)15-3)7-8-5-4-6-16-8/h8-9H,4-7H2,1-3H3/t8-,9?/m0/s1. The first kappa shape index (κ1) is 14.6. The Morgan fingerprint density at radius 1 is 1.41 bits per heavy atom. The quantitative estimate of drug-likeness (QED) is 0.537. The third kappa shape index (κ3) is 3.52. The van der Waals surface area contributed by atoms with Gasteiger partial charge in [0.2, 0.25) is 0 Å². The van der Waals surface area contributed by atoms with Crippen molar-refractivity contribution >= 4 is 13.6 Å². The fourth-order valence-corrected chi connectivity index (χ4v) is 3.41. The van der Waals surface area contributed by atoms with Gasteiger partial charge in [0.1, 0.15) is 0 Å². The predicted octanol–water partition coefficient (Wildman–Crippen LogP) is 1.58. The maximum Gasteiger partial charge on any atom is 0.344 e. The van der Waals surface area contributed by atoms with Crippen LogP contribution in [0.25, 0.3) is 0 Å². The number of carbonyl (C=O) groups excluding carboxylic acids is 1. The smallest absolute Gasteiger partial charge is 0.344 e. The fourth-order valence-electron chi connectivity index (χ4n) is 1.90. The van der Waals surface area contributed by atoms with Crippen LogP contribution in [-0.4, -0.2) is 45.7 Å². The number of rotatable bonds is 6. The molecule has 0 aromatic carbocycles. The molecule has 0 aliphatic carbocycles. The van der Waals surface area contributed by atoms with Crippen molar-refractivity contribution in [1.29, 1.82) is 0 Å². The maximum absolute atomic E-state index is 12.2. The molecule has 100 valence electrons. The zero-order chi connectivity index (χ0) is 12.9. The second kappa shape index (κ2) is 6.50. The van der Waals surface area contributed by atoms with Gasteiger partial charge in [-0.15, -0.1) is 0 Å². The first-order valence-electron chi connectivity index (χ1n) is 5.48. The number of hydrogen-bond acceptors (Lipinski definition) is 6. The molecule has 1 fully saturated rings. The third-order valence-electron chi connectivity index (χ3n) is 2.87. The summed E-state index contributed by atoms with van der Waals surface area (Å²) in [5.41, 5.74) is -0.925. The molecular weight excluding hydrogens is 247 g/mol. The second-order valence-electron chi connectivity index (χ2n) is 3.81. The van der Waals surface area contributed by atoms with Crippen molar-refractivity contribution in [2.24, 2.45) is 0 Å². The fraction of sp³-hybridized carbons (Fsp3) is 0.900. The summed E-state index contributed by atoms with van der Waals surface area (Å²) in [5.74, 6) is -0.590. The lowest BCUT2D eigenvalue weighted by Crippen LogP contribution is -2.28. The zero-order valence-electron chi connectivity index (χ0n) is 10.4. The highest BCUT2D eigenvalue weighted by molar-refractivity contribution is 7.55. The highest BCUT2D eigenvalue weighted by atomic mass is 31.2. The van der Waals surface area contributed by atoms with Gasteiger partial charge in [-0.25, -0.2) is 0 Å². The summed E-state index contributed by atoms with van der Waals surface area (Å²) < 4.78 is 32.0. The molecule has 1 unspecified atom stereocenters. The molecule has 0 amide bonds. The van der Waals surface area contributed by atoms with Gasteiger partial charge in [0.05, 0.1) is 13.2 Å². The number of carbonyl (C=O) groups is 1. The van der Waals surface area contributed by atoms with Gasteiger partial charge in [-0.3, -0.25) is 9.36 Å². The van der Waals surface area contributed by atoms with Crippen LogP contribution >= 0.6 is 7.60 Å². The summed E-state index contributed by atoms with van der Waals surface area (Å²) in [6.07, 6.45) is 2.01.